The minimum absolute atomic E-state index is 0.128. The molecular formula is C11H16N2O4. The van der Waals surface area contributed by atoms with E-state index < -0.39 is 5.97 Å². The standard InChI is InChI=1S/C11H16N2O4/c14-11(15)5-1-4-9-12-13-10(17-9)7-8-3-2-6-16-8/h8H,1-7H2,(H,14,15). The molecule has 0 bridgehead atoms. The van der Waals surface area contributed by atoms with Crippen molar-refractivity contribution in [3.05, 3.63) is 11.8 Å². The zero-order valence-electron chi connectivity index (χ0n) is 9.59. The van der Waals surface area contributed by atoms with Crippen molar-refractivity contribution in [1.29, 1.82) is 0 Å². The molecule has 0 saturated carbocycles. The molecule has 1 saturated heterocycles. The first-order chi connectivity index (χ1) is 8.24. The maximum Gasteiger partial charge on any atom is 0.303 e. The van der Waals surface area contributed by atoms with E-state index in [4.69, 9.17) is 14.3 Å². The molecule has 0 radical (unpaired) electrons. The second-order valence-electron chi connectivity index (χ2n) is 4.18. The van der Waals surface area contributed by atoms with Crippen molar-refractivity contribution in [2.45, 2.75) is 44.6 Å². The average Bonchev–Trinajstić information content (AvgIpc) is 2.90. The fourth-order valence-corrected chi connectivity index (χ4v) is 1.86. The van der Waals surface area contributed by atoms with E-state index in [2.05, 4.69) is 10.2 Å². The molecule has 1 aromatic rings. The molecular weight excluding hydrogens is 224 g/mol. The van der Waals surface area contributed by atoms with Crippen LogP contribution < -0.4 is 0 Å². The van der Waals surface area contributed by atoms with E-state index >= 15 is 0 Å². The van der Waals surface area contributed by atoms with Crippen LogP contribution >= 0.6 is 0 Å². The highest BCUT2D eigenvalue weighted by Gasteiger charge is 2.19. The van der Waals surface area contributed by atoms with Crippen LogP contribution in [0.3, 0.4) is 0 Å². The number of carboxylic acids is 1. The van der Waals surface area contributed by atoms with Crippen LogP contribution in [0.15, 0.2) is 4.42 Å². The molecule has 0 aliphatic carbocycles. The summed E-state index contributed by atoms with van der Waals surface area (Å²) < 4.78 is 10.9. The summed E-state index contributed by atoms with van der Waals surface area (Å²) in [6.45, 7) is 0.810. The summed E-state index contributed by atoms with van der Waals surface area (Å²) in [6.07, 6.45) is 4.15. The van der Waals surface area contributed by atoms with Crippen molar-refractivity contribution < 1.29 is 19.1 Å². The van der Waals surface area contributed by atoms with Gasteiger partial charge in [-0.15, -0.1) is 10.2 Å². The van der Waals surface area contributed by atoms with Crippen LogP contribution in [0, 0.1) is 0 Å². The van der Waals surface area contributed by atoms with E-state index in [9.17, 15) is 4.79 Å². The van der Waals surface area contributed by atoms with Crippen molar-refractivity contribution in [3.63, 3.8) is 0 Å². The van der Waals surface area contributed by atoms with Gasteiger partial charge in [-0.2, -0.15) is 0 Å². The van der Waals surface area contributed by atoms with Gasteiger partial charge in [-0.3, -0.25) is 4.79 Å². The lowest BCUT2D eigenvalue weighted by Crippen LogP contribution is -2.08. The number of rotatable bonds is 6. The van der Waals surface area contributed by atoms with Crippen molar-refractivity contribution in [3.8, 4) is 0 Å². The maximum absolute atomic E-state index is 10.3. The molecule has 17 heavy (non-hydrogen) atoms. The SMILES string of the molecule is O=C(O)CCCc1nnc(CC2CCCO2)o1. The highest BCUT2D eigenvalue weighted by atomic mass is 16.5. The number of carboxylic acid groups (broad SMARTS) is 1. The Hall–Kier alpha value is -1.43. The summed E-state index contributed by atoms with van der Waals surface area (Å²) >= 11 is 0. The van der Waals surface area contributed by atoms with Crippen LogP contribution in [-0.4, -0.2) is 34.0 Å². The molecule has 0 aromatic carbocycles. The molecule has 1 aliphatic heterocycles. The molecule has 94 valence electrons. The molecule has 1 aromatic heterocycles. The predicted molar refractivity (Wildman–Crippen MR) is 57.5 cm³/mol. The highest BCUT2D eigenvalue weighted by Crippen LogP contribution is 2.16. The van der Waals surface area contributed by atoms with Gasteiger partial charge in [0.25, 0.3) is 0 Å². The van der Waals surface area contributed by atoms with Gasteiger partial charge < -0.3 is 14.3 Å². The number of ether oxygens (including phenoxy) is 1. The predicted octanol–water partition coefficient (Wildman–Crippen LogP) is 1.20. The molecule has 1 unspecified atom stereocenters. The van der Waals surface area contributed by atoms with Crippen molar-refractivity contribution in [2.75, 3.05) is 6.61 Å². The highest BCUT2D eigenvalue weighted by molar-refractivity contribution is 5.66. The van der Waals surface area contributed by atoms with Crippen molar-refractivity contribution in [1.82, 2.24) is 10.2 Å². The normalized spacial score (nSPS) is 19.6. The van der Waals surface area contributed by atoms with Gasteiger partial charge in [0.1, 0.15) is 0 Å². The minimum atomic E-state index is -0.802. The molecule has 6 heteroatoms. The van der Waals surface area contributed by atoms with Crippen LogP contribution in [0.25, 0.3) is 0 Å². The lowest BCUT2D eigenvalue weighted by atomic mass is 10.2. The molecule has 0 amide bonds. The number of aliphatic carboxylic acids is 1. The Bertz CT molecular complexity index is 371. The molecule has 6 nitrogen and oxygen atoms in total. The number of carbonyl (C=O) groups is 1. The molecule has 0 spiro atoms. The first-order valence-corrected chi connectivity index (χ1v) is 5.88. The number of aryl methyl sites for hydroxylation is 1. The Labute approximate surface area is 99.0 Å². The van der Waals surface area contributed by atoms with Crippen molar-refractivity contribution >= 4 is 5.97 Å². The summed E-state index contributed by atoms with van der Waals surface area (Å²) in [4.78, 5) is 10.3. The summed E-state index contributed by atoms with van der Waals surface area (Å²) in [6, 6.07) is 0. The monoisotopic (exact) mass is 240 g/mol. The molecule has 1 N–H and O–H groups in total. The van der Waals surface area contributed by atoms with Crippen LogP contribution in [-0.2, 0) is 22.4 Å². The second kappa shape index (κ2) is 5.77. The van der Waals surface area contributed by atoms with E-state index in [0.29, 0.717) is 31.0 Å². The summed E-state index contributed by atoms with van der Waals surface area (Å²) in [5.74, 6) is 0.297. The Morgan fingerprint density at radius 3 is 2.94 bits per heavy atom. The van der Waals surface area contributed by atoms with E-state index in [0.717, 1.165) is 19.4 Å². The van der Waals surface area contributed by atoms with Gasteiger partial charge in [0.05, 0.1) is 12.5 Å². The van der Waals surface area contributed by atoms with E-state index in [1.807, 2.05) is 0 Å². The number of nitrogens with zero attached hydrogens (tertiary/aromatic N) is 2. The van der Waals surface area contributed by atoms with Crippen LogP contribution in [0.4, 0.5) is 0 Å². The average molecular weight is 240 g/mol. The third-order valence-corrected chi connectivity index (χ3v) is 2.72. The van der Waals surface area contributed by atoms with Gasteiger partial charge in [0.15, 0.2) is 0 Å². The second-order valence-corrected chi connectivity index (χ2v) is 4.18. The minimum Gasteiger partial charge on any atom is -0.481 e. The van der Waals surface area contributed by atoms with Crippen LogP contribution in [0.5, 0.6) is 0 Å². The summed E-state index contributed by atoms with van der Waals surface area (Å²) in [7, 11) is 0. The van der Waals surface area contributed by atoms with Gasteiger partial charge in [0, 0.05) is 19.4 Å². The number of hydrogen-bond donors (Lipinski definition) is 1. The van der Waals surface area contributed by atoms with E-state index in [-0.39, 0.29) is 12.5 Å². The fourth-order valence-electron chi connectivity index (χ4n) is 1.86. The summed E-state index contributed by atoms with van der Waals surface area (Å²) in [5.41, 5.74) is 0. The van der Waals surface area contributed by atoms with Gasteiger partial charge >= 0.3 is 5.97 Å². The van der Waals surface area contributed by atoms with Gasteiger partial charge in [-0.05, 0) is 19.3 Å². The van der Waals surface area contributed by atoms with Gasteiger partial charge in [-0.1, -0.05) is 0 Å². The fraction of sp³-hybridized carbons (Fsp3) is 0.727. The molecule has 2 heterocycles. The van der Waals surface area contributed by atoms with E-state index in [1.54, 1.807) is 0 Å². The lowest BCUT2D eigenvalue weighted by Gasteiger charge is -2.04. The zero-order chi connectivity index (χ0) is 12.1. The van der Waals surface area contributed by atoms with E-state index in [1.165, 1.54) is 0 Å². The summed E-state index contributed by atoms with van der Waals surface area (Å²) in [5, 5.41) is 16.3. The quantitative estimate of drug-likeness (QED) is 0.804. The molecule has 1 fully saturated rings. The molecule has 1 atom stereocenters. The van der Waals surface area contributed by atoms with Crippen molar-refractivity contribution in [2.24, 2.45) is 0 Å². The number of aromatic nitrogens is 2. The van der Waals surface area contributed by atoms with Gasteiger partial charge in [-0.25, -0.2) is 0 Å². The van der Waals surface area contributed by atoms with Crippen LogP contribution in [0.2, 0.25) is 0 Å². The molecule has 1 aliphatic rings. The third-order valence-electron chi connectivity index (χ3n) is 2.72. The smallest absolute Gasteiger partial charge is 0.303 e. The van der Waals surface area contributed by atoms with Crippen LogP contribution in [0.1, 0.15) is 37.5 Å². The molecule has 2 rings (SSSR count). The zero-order valence-corrected chi connectivity index (χ0v) is 9.59. The topological polar surface area (TPSA) is 85.5 Å². The number of hydrogen-bond acceptors (Lipinski definition) is 5. The Morgan fingerprint density at radius 1 is 1.41 bits per heavy atom. The lowest BCUT2D eigenvalue weighted by molar-refractivity contribution is -0.137. The van der Waals surface area contributed by atoms with Gasteiger partial charge in [0.2, 0.25) is 11.8 Å². The Balaban J connectivity index is 1.76. The maximum atomic E-state index is 10.3. The first-order valence-electron chi connectivity index (χ1n) is 5.88. The Kier molecular flexibility index (Phi) is 4.08. The Morgan fingerprint density at radius 2 is 2.24 bits per heavy atom. The largest absolute Gasteiger partial charge is 0.481 e. The third kappa shape index (κ3) is 3.81. The first kappa shape index (κ1) is 12.0.